The summed E-state index contributed by atoms with van der Waals surface area (Å²) in [6.45, 7) is 0. The van der Waals surface area contributed by atoms with Crippen LogP contribution < -0.4 is 0 Å². The molecular weight excluding hydrogens is 346 g/mol. The van der Waals surface area contributed by atoms with Crippen LogP contribution in [0.15, 0.2) is 64.2 Å². The standard InChI is InChI=1S/C16H14BrN3S/c17-14-8-6-13(7-9-14)11-21-16-18-15(19-20-16)10-12-4-2-1-3-5-12/h1-9H,10-11H2,(H,18,19,20). The highest BCUT2D eigenvalue weighted by Gasteiger charge is 2.05. The molecule has 3 aromatic rings. The van der Waals surface area contributed by atoms with Crippen LogP contribution >= 0.6 is 27.7 Å². The van der Waals surface area contributed by atoms with Crippen molar-refractivity contribution in [2.45, 2.75) is 17.3 Å². The minimum atomic E-state index is 0.784. The number of thioether (sulfide) groups is 1. The lowest BCUT2D eigenvalue weighted by Gasteiger charge is -1.98. The minimum Gasteiger partial charge on any atom is -0.262 e. The zero-order chi connectivity index (χ0) is 14.5. The largest absolute Gasteiger partial charge is 0.262 e. The van der Waals surface area contributed by atoms with E-state index in [9.17, 15) is 0 Å². The number of H-pyrrole nitrogens is 1. The van der Waals surface area contributed by atoms with Gasteiger partial charge in [-0.25, -0.2) is 4.98 Å². The first kappa shape index (κ1) is 14.4. The van der Waals surface area contributed by atoms with Gasteiger partial charge in [0.15, 0.2) is 0 Å². The van der Waals surface area contributed by atoms with E-state index in [1.165, 1.54) is 11.1 Å². The average Bonchev–Trinajstić information content (AvgIpc) is 2.95. The van der Waals surface area contributed by atoms with Crippen LogP contribution in [-0.4, -0.2) is 15.2 Å². The quantitative estimate of drug-likeness (QED) is 0.684. The molecule has 3 nitrogen and oxygen atoms in total. The van der Waals surface area contributed by atoms with E-state index in [2.05, 4.69) is 67.5 Å². The predicted molar refractivity (Wildman–Crippen MR) is 89.3 cm³/mol. The molecule has 0 unspecified atom stereocenters. The molecule has 0 amide bonds. The molecule has 0 saturated heterocycles. The Kier molecular flexibility index (Phi) is 4.72. The summed E-state index contributed by atoms with van der Waals surface area (Å²) in [6.07, 6.45) is 0.784. The molecule has 3 rings (SSSR count). The molecule has 0 aliphatic carbocycles. The molecule has 2 aromatic carbocycles. The van der Waals surface area contributed by atoms with Crippen LogP contribution in [0.5, 0.6) is 0 Å². The molecule has 5 heteroatoms. The maximum absolute atomic E-state index is 4.53. The van der Waals surface area contributed by atoms with Gasteiger partial charge in [0, 0.05) is 16.6 Å². The molecule has 0 bridgehead atoms. The van der Waals surface area contributed by atoms with Gasteiger partial charge in [0.2, 0.25) is 5.16 Å². The van der Waals surface area contributed by atoms with Crippen molar-refractivity contribution in [1.29, 1.82) is 0 Å². The van der Waals surface area contributed by atoms with Gasteiger partial charge in [-0.1, -0.05) is 70.2 Å². The Morgan fingerprint density at radius 1 is 0.952 bits per heavy atom. The molecule has 106 valence electrons. The summed E-state index contributed by atoms with van der Waals surface area (Å²) in [7, 11) is 0. The Morgan fingerprint density at radius 2 is 1.71 bits per heavy atom. The van der Waals surface area contributed by atoms with E-state index in [4.69, 9.17) is 0 Å². The fourth-order valence-electron chi connectivity index (χ4n) is 1.94. The molecular formula is C16H14BrN3S. The number of rotatable bonds is 5. The maximum Gasteiger partial charge on any atom is 0.208 e. The Hall–Kier alpha value is -1.59. The van der Waals surface area contributed by atoms with Crippen molar-refractivity contribution in [3.63, 3.8) is 0 Å². The van der Waals surface area contributed by atoms with Gasteiger partial charge in [-0.2, -0.15) is 0 Å². The molecule has 1 N–H and O–H groups in total. The highest BCUT2D eigenvalue weighted by Crippen LogP contribution is 2.21. The molecule has 0 aliphatic heterocycles. The van der Waals surface area contributed by atoms with Gasteiger partial charge in [0.05, 0.1) is 0 Å². The Labute approximate surface area is 136 Å². The molecule has 1 aromatic heterocycles. The maximum atomic E-state index is 4.53. The number of aromatic nitrogens is 3. The van der Waals surface area contributed by atoms with E-state index in [1.54, 1.807) is 11.8 Å². The highest BCUT2D eigenvalue weighted by atomic mass is 79.9. The second-order valence-corrected chi connectivity index (χ2v) is 6.50. The van der Waals surface area contributed by atoms with Crippen LogP contribution in [0.1, 0.15) is 17.0 Å². The van der Waals surface area contributed by atoms with Crippen molar-refractivity contribution >= 4 is 27.7 Å². The van der Waals surface area contributed by atoms with Crippen molar-refractivity contribution in [1.82, 2.24) is 15.2 Å². The third kappa shape index (κ3) is 4.19. The van der Waals surface area contributed by atoms with Crippen LogP contribution in [0.3, 0.4) is 0 Å². The normalized spacial score (nSPS) is 10.7. The Bertz CT molecular complexity index is 695. The molecule has 0 saturated carbocycles. The Morgan fingerprint density at radius 3 is 2.48 bits per heavy atom. The van der Waals surface area contributed by atoms with E-state index in [1.807, 2.05) is 18.2 Å². The number of halogens is 1. The van der Waals surface area contributed by atoms with Crippen molar-refractivity contribution in [3.05, 3.63) is 76.0 Å². The lowest BCUT2D eigenvalue weighted by atomic mass is 10.1. The topological polar surface area (TPSA) is 41.6 Å². The summed E-state index contributed by atoms with van der Waals surface area (Å²) in [4.78, 5) is 4.53. The fraction of sp³-hybridized carbons (Fsp3) is 0.125. The van der Waals surface area contributed by atoms with E-state index in [0.717, 1.165) is 27.6 Å². The first-order chi connectivity index (χ1) is 10.3. The van der Waals surface area contributed by atoms with Gasteiger partial charge in [-0.3, -0.25) is 5.10 Å². The van der Waals surface area contributed by atoms with Crippen LogP contribution in [0, 0.1) is 0 Å². The van der Waals surface area contributed by atoms with Gasteiger partial charge >= 0.3 is 0 Å². The van der Waals surface area contributed by atoms with Crippen molar-refractivity contribution in [2.75, 3.05) is 0 Å². The molecule has 0 atom stereocenters. The molecule has 1 heterocycles. The molecule has 21 heavy (non-hydrogen) atoms. The first-order valence-corrected chi connectivity index (χ1v) is 8.40. The van der Waals surface area contributed by atoms with Crippen LogP contribution in [0.4, 0.5) is 0 Å². The lowest BCUT2D eigenvalue weighted by Crippen LogP contribution is -1.90. The third-order valence-electron chi connectivity index (χ3n) is 3.01. The number of benzene rings is 2. The summed E-state index contributed by atoms with van der Waals surface area (Å²) in [6, 6.07) is 18.6. The first-order valence-electron chi connectivity index (χ1n) is 6.62. The van der Waals surface area contributed by atoms with Gasteiger partial charge in [0.1, 0.15) is 5.82 Å². The van der Waals surface area contributed by atoms with Crippen LogP contribution in [0.2, 0.25) is 0 Å². The van der Waals surface area contributed by atoms with Crippen molar-refractivity contribution < 1.29 is 0 Å². The monoisotopic (exact) mass is 359 g/mol. The number of aromatic amines is 1. The number of nitrogens with zero attached hydrogens (tertiary/aromatic N) is 2. The van der Waals surface area contributed by atoms with E-state index in [-0.39, 0.29) is 0 Å². The van der Waals surface area contributed by atoms with E-state index in [0.29, 0.717) is 0 Å². The minimum absolute atomic E-state index is 0.784. The molecule has 0 aliphatic rings. The summed E-state index contributed by atoms with van der Waals surface area (Å²) < 4.78 is 1.10. The second-order valence-electron chi connectivity index (χ2n) is 4.64. The predicted octanol–water partition coefficient (Wildman–Crippen LogP) is 4.45. The zero-order valence-corrected chi connectivity index (χ0v) is 13.7. The molecule has 0 radical (unpaired) electrons. The lowest BCUT2D eigenvalue weighted by molar-refractivity contribution is 0.956. The SMILES string of the molecule is Brc1ccc(CSc2n[nH]c(Cc3ccccc3)n2)cc1. The van der Waals surface area contributed by atoms with Crippen molar-refractivity contribution in [2.24, 2.45) is 0 Å². The second kappa shape index (κ2) is 6.91. The van der Waals surface area contributed by atoms with Gasteiger partial charge in [-0.05, 0) is 23.3 Å². The summed E-state index contributed by atoms with van der Waals surface area (Å²) >= 11 is 5.08. The number of nitrogens with one attached hydrogen (secondary N) is 1. The molecule has 0 fully saturated rings. The van der Waals surface area contributed by atoms with E-state index >= 15 is 0 Å². The fourth-order valence-corrected chi connectivity index (χ4v) is 2.98. The smallest absolute Gasteiger partial charge is 0.208 e. The summed E-state index contributed by atoms with van der Waals surface area (Å²) in [5, 5.41) is 8.07. The molecule has 0 spiro atoms. The zero-order valence-electron chi connectivity index (χ0n) is 11.3. The van der Waals surface area contributed by atoms with Crippen LogP contribution in [0.25, 0.3) is 0 Å². The average molecular weight is 360 g/mol. The summed E-state index contributed by atoms with van der Waals surface area (Å²) in [5.41, 5.74) is 2.50. The number of hydrogen-bond acceptors (Lipinski definition) is 3. The van der Waals surface area contributed by atoms with Crippen molar-refractivity contribution in [3.8, 4) is 0 Å². The van der Waals surface area contributed by atoms with E-state index < -0.39 is 0 Å². The number of hydrogen-bond donors (Lipinski definition) is 1. The highest BCUT2D eigenvalue weighted by molar-refractivity contribution is 9.10. The Balaban J connectivity index is 1.59. The third-order valence-corrected chi connectivity index (χ3v) is 4.45. The van der Waals surface area contributed by atoms with Crippen LogP contribution in [-0.2, 0) is 12.2 Å². The van der Waals surface area contributed by atoms with Gasteiger partial charge in [-0.15, -0.1) is 5.10 Å². The van der Waals surface area contributed by atoms with Gasteiger partial charge in [0.25, 0.3) is 0 Å². The van der Waals surface area contributed by atoms with Gasteiger partial charge < -0.3 is 0 Å². The summed E-state index contributed by atoms with van der Waals surface area (Å²) in [5.74, 6) is 1.77.